The van der Waals surface area contributed by atoms with Gasteiger partial charge in [0.15, 0.2) is 0 Å². The second-order valence-electron chi connectivity index (χ2n) is 4.34. The Bertz CT molecular complexity index is 463. The molecule has 0 saturated heterocycles. The Morgan fingerprint density at radius 1 is 1.56 bits per heavy atom. The van der Waals surface area contributed by atoms with E-state index in [2.05, 4.69) is 11.4 Å². The van der Waals surface area contributed by atoms with Crippen molar-refractivity contribution >= 4 is 11.7 Å². The number of nitrogens with one attached hydrogen (secondary N) is 1. The molecule has 1 rings (SSSR count). The van der Waals surface area contributed by atoms with E-state index in [1.54, 1.807) is 12.1 Å². The van der Waals surface area contributed by atoms with Crippen LogP contribution >= 0.6 is 0 Å². The van der Waals surface area contributed by atoms with Crippen LogP contribution < -0.4 is 5.32 Å². The summed E-state index contributed by atoms with van der Waals surface area (Å²) in [5.74, 6) is -0.881. The van der Waals surface area contributed by atoms with E-state index in [1.165, 1.54) is 0 Å². The minimum atomic E-state index is -0.881. The van der Waals surface area contributed by atoms with E-state index in [1.807, 2.05) is 19.9 Å². The van der Waals surface area contributed by atoms with Gasteiger partial charge in [0, 0.05) is 0 Å². The Labute approximate surface area is 107 Å². The third-order valence-corrected chi connectivity index (χ3v) is 2.77. The normalized spacial score (nSPS) is 11.6. The summed E-state index contributed by atoms with van der Waals surface area (Å²) >= 11 is 0. The van der Waals surface area contributed by atoms with Gasteiger partial charge in [-0.15, -0.1) is 0 Å². The number of aryl methyl sites for hydroxylation is 1. The molecule has 2 N–H and O–H groups in total. The fourth-order valence-electron chi connectivity index (χ4n) is 1.73. The second kappa shape index (κ2) is 6.65. The zero-order valence-corrected chi connectivity index (χ0v) is 10.7. The SMILES string of the molecule is CCCCC(Nc1cc(C)ccc1C#N)C(=O)O. The molecule has 0 radical (unpaired) electrons. The highest BCUT2D eigenvalue weighted by atomic mass is 16.4. The van der Waals surface area contributed by atoms with Crippen LogP contribution in [0.4, 0.5) is 5.69 Å². The van der Waals surface area contributed by atoms with Gasteiger partial charge >= 0.3 is 5.97 Å². The lowest BCUT2D eigenvalue weighted by atomic mass is 10.1. The number of carbonyl (C=O) groups is 1. The predicted octanol–water partition coefficient (Wildman–Crippen LogP) is 2.92. The number of nitrogens with zero attached hydrogens (tertiary/aromatic N) is 1. The average molecular weight is 246 g/mol. The van der Waals surface area contributed by atoms with Crippen LogP contribution in [0.5, 0.6) is 0 Å². The lowest BCUT2D eigenvalue weighted by molar-refractivity contribution is -0.138. The van der Waals surface area contributed by atoms with Crippen LogP contribution in [-0.2, 0) is 4.79 Å². The molecule has 0 aliphatic carbocycles. The first-order chi connectivity index (χ1) is 8.58. The maximum absolute atomic E-state index is 11.1. The summed E-state index contributed by atoms with van der Waals surface area (Å²) in [5.41, 5.74) is 2.07. The van der Waals surface area contributed by atoms with E-state index >= 15 is 0 Å². The zero-order chi connectivity index (χ0) is 13.5. The Balaban J connectivity index is 2.89. The molecular weight excluding hydrogens is 228 g/mol. The molecule has 0 aliphatic heterocycles. The summed E-state index contributed by atoms with van der Waals surface area (Å²) in [6.07, 6.45) is 2.35. The Hall–Kier alpha value is -2.02. The van der Waals surface area contributed by atoms with Crippen LogP contribution in [0.1, 0.15) is 37.3 Å². The number of nitriles is 1. The molecule has 0 amide bonds. The zero-order valence-electron chi connectivity index (χ0n) is 10.7. The molecule has 0 saturated carbocycles. The molecule has 1 aromatic carbocycles. The first-order valence-electron chi connectivity index (χ1n) is 6.08. The third kappa shape index (κ3) is 3.77. The van der Waals surface area contributed by atoms with E-state index in [-0.39, 0.29) is 0 Å². The number of carboxylic acid groups (broad SMARTS) is 1. The summed E-state index contributed by atoms with van der Waals surface area (Å²) in [6.45, 7) is 3.93. The summed E-state index contributed by atoms with van der Waals surface area (Å²) < 4.78 is 0. The number of anilines is 1. The summed E-state index contributed by atoms with van der Waals surface area (Å²) in [7, 11) is 0. The Kier molecular flexibility index (Phi) is 5.19. The second-order valence-corrected chi connectivity index (χ2v) is 4.34. The number of benzene rings is 1. The average Bonchev–Trinajstić information content (AvgIpc) is 2.34. The predicted molar refractivity (Wildman–Crippen MR) is 70.5 cm³/mol. The van der Waals surface area contributed by atoms with Crippen LogP contribution in [-0.4, -0.2) is 17.1 Å². The third-order valence-electron chi connectivity index (χ3n) is 2.77. The molecule has 1 atom stereocenters. The highest BCUT2D eigenvalue weighted by molar-refractivity contribution is 5.78. The van der Waals surface area contributed by atoms with E-state index < -0.39 is 12.0 Å². The molecule has 0 spiro atoms. The van der Waals surface area contributed by atoms with Crippen molar-refractivity contribution in [2.45, 2.75) is 39.2 Å². The van der Waals surface area contributed by atoms with E-state index in [0.29, 0.717) is 17.7 Å². The van der Waals surface area contributed by atoms with Crippen molar-refractivity contribution in [3.63, 3.8) is 0 Å². The maximum Gasteiger partial charge on any atom is 0.326 e. The molecule has 96 valence electrons. The number of carboxylic acids is 1. The first kappa shape index (κ1) is 14.0. The van der Waals surface area contributed by atoms with Crippen molar-refractivity contribution in [2.24, 2.45) is 0 Å². The van der Waals surface area contributed by atoms with Gasteiger partial charge in [-0.1, -0.05) is 25.8 Å². The number of hydrogen-bond acceptors (Lipinski definition) is 3. The quantitative estimate of drug-likeness (QED) is 0.809. The monoisotopic (exact) mass is 246 g/mol. The summed E-state index contributed by atoms with van der Waals surface area (Å²) in [4.78, 5) is 11.1. The number of unbranched alkanes of at least 4 members (excludes halogenated alkanes) is 1. The minimum Gasteiger partial charge on any atom is -0.480 e. The molecule has 0 bridgehead atoms. The molecule has 1 unspecified atom stereocenters. The maximum atomic E-state index is 11.1. The van der Waals surface area contributed by atoms with Gasteiger partial charge in [-0.05, 0) is 31.0 Å². The minimum absolute atomic E-state index is 0.475. The topological polar surface area (TPSA) is 73.1 Å². The van der Waals surface area contributed by atoms with E-state index in [0.717, 1.165) is 18.4 Å². The van der Waals surface area contributed by atoms with Gasteiger partial charge in [0.05, 0.1) is 11.3 Å². The van der Waals surface area contributed by atoms with Crippen molar-refractivity contribution < 1.29 is 9.90 Å². The first-order valence-corrected chi connectivity index (χ1v) is 6.08. The standard InChI is InChI=1S/C14H18N2O2/c1-3-4-5-12(14(17)18)16-13-8-10(2)6-7-11(13)9-15/h6-8,12,16H,3-5H2,1-2H3,(H,17,18). The molecule has 4 nitrogen and oxygen atoms in total. The van der Waals surface area contributed by atoms with Crippen LogP contribution in [0.15, 0.2) is 18.2 Å². The lowest BCUT2D eigenvalue weighted by Gasteiger charge is -2.16. The van der Waals surface area contributed by atoms with E-state index in [4.69, 9.17) is 10.4 Å². The molecule has 0 fully saturated rings. The number of aliphatic carboxylic acids is 1. The van der Waals surface area contributed by atoms with Gasteiger partial charge in [-0.25, -0.2) is 4.79 Å². The van der Waals surface area contributed by atoms with Crippen LogP contribution in [0, 0.1) is 18.3 Å². The van der Waals surface area contributed by atoms with Crippen LogP contribution in [0.3, 0.4) is 0 Å². The Morgan fingerprint density at radius 3 is 2.83 bits per heavy atom. The van der Waals surface area contributed by atoms with Gasteiger partial charge < -0.3 is 10.4 Å². The molecule has 0 aliphatic rings. The number of hydrogen-bond donors (Lipinski definition) is 2. The van der Waals surface area contributed by atoms with Gasteiger partial charge in [-0.3, -0.25) is 0 Å². The Morgan fingerprint density at radius 2 is 2.28 bits per heavy atom. The van der Waals surface area contributed by atoms with Crippen molar-refractivity contribution in [1.82, 2.24) is 0 Å². The van der Waals surface area contributed by atoms with Gasteiger partial charge in [-0.2, -0.15) is 5.26 Å². The number of rotatable bonds is 6. The van der Waals surface area contributed by atoms with Gasteiger partial charge in [0.1, 0.15) is 12.1 Å². The van der Waals surface area contributed by atoms with Crippen LogP contribution in [0.25, 0.3) is 0 Å². The van der Waals surface area contributed by atoms with Crippen LogP contribution in [0.2, 0.25) is 0 Å². The molecule has 4 heteroatoms. The molecule has 18 heavy (non-hydrogen) atoms. The van der Waals surface area contributed by atoms with Crippen molar-refractivity contribution in [3.8, 4) is 6.07 Å². The van der Waals surface area contributed by atoms with Gasteiger partial charge in [0.2, 0.25) is 0 Å². The molecular formula is C14H18N2O2. The summed E-state index contributed by atoms with van der Waals surface area (Å²) in [5, 5.41) is 21.1. The molecule has 1 aromatic rings. The highest BCUT2D eigenvalue weighted by Gasteiger charge is 2.17. The fraction of sp³-hybridized carbons (Fsp3) is 0.429. The van der Waals surface area contributed by atoms with E-state index in [9.17, 15) is 4.79 Å². The van der Waals surface area contributed by atoms with Crippen molar-refractivity contribution in [3.05, 3.63) is 29.3 Å². The largest absolute Gasteiger partial charge is 0.480 e. The molecule has 0 heterocycles. The molecule has 0 aromatic heterocycles. The summed E-state index contributed by atoms with van der Waals surface area (Å²) in [6, 6.07) is 6.78. The lowest BCUT2D eigenvalue weighted by Crippen LogP contribution is -2.29. The fourth-order valence-corrected chi connectivity index (χ4v) is 1.73. The smallest absolute Gasteiger partial charge is 0.326 e. The van der Waals surface area contributed by atoms with Crippen molar-refractivity contribution in [1.29, 1.82) is 5.26 Å². The highest BCUT2D eigenvalue weighted by Crippen LogP contribution is 2.19. The van der Waals surface area contributed by atoms with Gasteiger partial charge in [0.25, 0.3) is 0 Å². The van der Waals surface area contributed by atoms with Crippen molar-refractivity contribution in [2.75, 3.05) is 5.32 Å².